The first-order valence-corrected chi connectivity index (χ1v) is 9.05. The van der Waals surface area contributed by atoms with Gasteiger partial charge in [-0.25, -0.2) is 0 Å². The minimum Gasteiger partial charge on any atom is -0.508 e. The molecular weight excluding hydrogens is 319 g/mol. The molecule has 1 aromatic rings. The van der Waals surface area contributed by atoms with Crippen LogP contribution in [0.3, 0.4) is 0 Å². The van der Waals surface area contributed by atoms with Crippen LogP contribution in [-0.2, 0) is 0 Å². The second kappa shape index (κ2) is 7.39. The molecule has 2 fully saturated rings. The van der Waals surface area contributed by atoms with Gasteiger partial charge in [0.05, 0.1) is 5.02 Å². The number of piperazine rings is 1. The zero-order valence-electron chi connectivity index (χ0n) is 12.8. The molecule has 2 aliphatic rings. The summed E-state index contributed by atoms with van der Waals surface area (Å²) in [5.74, 6) is 0.808. The highest BCUT2D eigenvalue weighted by Gasteiger charge is 2.34. The van der Waals surface area contributed by atoms with Crippen LogP contribution < -0.4 is 5.32 Å². The van der Waals surface area contributed by atoms with Crippen molar-refractivity contribution in [2.24, 2.45) is 5.92 Å². The van der Waals surface area contributed by atoms with Gasteiger partial charge < -0.3 is 10.4 Å². The molecule has 0 bridgehead atoms. The van der Waals surface area contributed by atoms with Crippen LogP contribution in [0.1, 0.15) is 43.7 Å². The Balaban J connectivity index is 1.96. The number of phenols is 1. The van der Waals surface area contributed by atoms with E-state index in [0.29, 0.717) is 16.0 Å². The second-order valence-corrected chi connectivity index (χ2v) is 7.29. The van der Waals surface area contributed by atoms with Gasteiger partial charge in [0.1, 0.15) is 5.75 Å². The summed E-state index contributed by atoms with van der Waals surface area (Å²) in [7, 11) is 0. The molecule has 0 spiro atoms. The molecule has 5 heteroatoms. The van der Waals surface area contributed by atoms with Crippen LogP contribution in [0, 0.1) is 5.92 Å². The fourth-order valence-corrected chi connectivity index (χ4v) is 4.59. The van der Waals surface area contributed by atoms with Crippen LogP contribution >= 0.6 is 23.2 Å². The third kappa shape index (κ3) is 3.53. The average molecular weight is 343 g/mol. The molecule has 1 saturated carbocycles. The molecule has 2 N–H and O–H groups in total. The van der Waals surface area contributed by atoms with Crippen molar-refractivity contribution < 1.29 is 5.11 Å². The van der Waals surface area contributed by atoms with Crippen LogP contribution in [0.2, 0.25) is 10.0 Å². The molecule has 1 aliphatic heterocycles. The van der Waals surface area contributed by atoms with Crippen LogP contribution in [0.4, 0.5) is 0 Å². The summed E-state index contributed by atoms with van der Waals surface area (Å²) in [4.78, 5) is 2.49. The molecule has 3 rings (SSSR count). The molecule has 1 aliphatic carbocycles. The maximum atomic E-state index is 10.5. The number of nitrogens with zero attached hydrogens (tertiary/aromatic N) is 1. The van der Waals surface area contributed by atoms with Crippen LogP contribution in [0.15, 0.2) is 12.1 Å². The highest BCUT2D eigenvalue weighted by molar-refractivity contribution is 6.35. The lowest BCUT2D eigenvalue weighted by Crippen LogP contribution is -2.47. The van der Waals surface area contributed by atoms with Gasteiger partial charge in [0.2, 0.25) is 0 Å². The predicted molar refractivity (Wildman–Crippen MR) is 91.9 cm³/mol. The number of rotatable bonds is 3. The van der Waals surface area contributed by atoms with E-state index in [1.807, 2.05) is 0 Å². The maximum absolute atomic E-state index is 10.5. The van der Waals surface area contributed by atoms with E-state index >= 15 is 0 Å². The normalized spacial score (nSPS) is 22.6. The Morgan fingerprint density at radius 3 is 2.41 bits per heavy atom. The Hall–Kier alpha value is -0.480. The van der Waals surface area contributed by atoms with Crippen molar-refractivity contribution in [3.63, 3.8) is 0 Å². The molecule has 3 nitrogen and oxygen atoms in total. The first-order chi connectivity index (χ1) is 10.7. The van der Waals surface area contributed by atoms with Gasteiger partial charge in [-0.3, -0.25) is 4.90 Å². The van der Waals surface area contributed by atoms with Crippen LogP contribution in [-0.4, -0.2) is 36.2 Å². The van der Waals surface area contributed by atoms with E-state index in [0.717, 1.165) is 31.7 Å². The van der Waals surface area contributed by atoms with E-state index in [1.54, 1.807) is 12.1 Å². The summed E-state index contributed by atoms with van der Waals surface area (Å²) < 4.78 is 0. The van der Waals surface area contributed by atoms with Crippen molar-refractivity contribution in [2.75, 3.05) is 26.2 Å². The van der Waals surface area contributed by atoms with Crippen molar-refractivity contribution in [3.8, 4) is 5.75 Å². The maximum Gasteiger partial charge on any atom is 0.123 e. The number of hydrogen-bond acceptors (Lipinski definition) is 3. The highest BCUT2D eigenvalue weighted by Crippen LogP contribution is 2.45. The lowest BCUT2D eigenvalue weighted by atomic mass is 9.80. The number of hydrogen-bond donors (Lipinski definition) is 2. The number of phenolic OH excluding ortho intramolecular Hbond substituents is 1. The smallest absolute Gasteiger partial charge is 0.123 e. The Kier molecular flexibility index (Phi) is 5.50. The number of aromatic hydroxyl groups is 1. The molecule has 0 unspecified atom stereocenters. The third-order valence-corrected chi connectivity index (χ3v) is 5.54. The Bertz CT molecular complexity index is 470. The second-order valence-electron chi connectivity index (χ2n) is 6.45. The molecule has 1 saturated heterocycles. The lowest BCUT2D eigenvalue weighted by molar-refractivity contribution is 0.101. The summed E-state index contributed by atoms with van der Waals surface area (Å²) in [6.07, 6.45) is 6.31. The summed E-state index contributed by atoms with van der Waals surface area (Å²) >= 11 is 12.5. The lowest BCUT2D eigenvalue weighted by Gasteiger charge is -2.41. The van der Waals surface area contributed by atoms with Gasteiger partial charge in [-0.1, -0.05) is 42.5 Å². The number of nitrogens with one attached hydrogen (secondary N) is 1. The first-order valence-electron chi connectivity index (χ1n) is 8.29. The van der Waals surface area contributed by atoms with E-state index in [4.69, 9.17) is 23.2 Å². The van der Waals surface area contributed by atoms with Crippen molar-refractivity contribution in [1.82, 2.24) is 10.2 Å². The quantitative estimate of drug-likeness (QED) is 0.862. The monoisotopic (exact) mass is 342 g/mol. The molecule has 0 amide bonds. The summed E-state index contributed by atoms with van der Waals surface area (Å²) in [5.41, 5.74) is 0.875. The summed E-state index contributed by atoms with van der Waals surface area (Å²) in [5, 5.41) is 15.0. The van der Waals surface area contributed by atoms with Crippen LogP contribution in [0.5, 0.6) is 5.75 Å². The zero-order chi connectivity index (χ0) is 15.5. The molecule has 1 aromatic carbocycles. The molecule has 22 heavy (non-hydrogen) atoms. The Morgan fingerprint density at radius 2 is 1.77 bits per heavy atom. The molecule has 0 aromatic heterocycles. The van der Waals surface area contributed by atoms with Gasteiger partial charge in [-0.2, -0.15) is 0 Å². The SMILES string of the molecule is Oc1cc(Cl)cc(Cl)c1[C@H](C1CCCCC1)N1CCNCC1. The van der Waals surface area contributed by atoms with Crippen molar-refractivity contribution in [2.45, 2.75) is 38.1 Å². The molecular formula is C17H24Cl2N2O. The Labute approximate surface area is 142 Å². The van der Waals surface area contributed by atoms with Crippen molar-refractivity contribution in [3.05, 3.63) is 27.7 Å². The topological polar surface area (TPSA) is 35.5 Å². The fourth-order valence-electron chi connectivity index (χ4n) is 3.99. The Morgan fingerprint density at radius 1 is 1.09 bits per heavy atom. The summed E-state index contributed by atoms with van der Waals surface area (Å²) in [6.45, 7) is 3.99. The summed E-state index contributed by atoms with van der Waals surface area (Å²) in [6, 6.07) is 3.59. The fraction of sp³-hybridized carbons (Fsp3) is 0.647. The average Bonchev–Trinajstić information content (AvgIpc) is 2.52. The largest absolute Gasteiger partial charge is 0.508 e. The molecule has 0 radical (unpaired) electrons. The van der Waals surface area contributed by atoms with E-state index in [1.165, 1.54) is 32.1 Å². The van der Waals surface area contributed by atoms with E-state index in [2.05, 4.69) is 10.2 Å². The molecule has 1 atom stereocenters. The van der Waals surface area contributed by atoms with Gasteiger partial charge in [0, 0.05) is 42.8 Å². The standard InChI is InChI=1S/C17H24Cl2N2O/c18-13-10-14(19)16(15(22)11-13)17(12-4-2-1-3-5-12)21-8-6-20-7-9-21/h10-12,17,20,22H,1-9H2/t17-/m0/s1. The molecule has 122 valence electrons. The number of halogens is 2. The minimum absolute atomic E-state index is 0.201. The minimum atomic E-state index is 0.201. The third-order valence-electron chi connectivity index (χ3n) is 5.01. The van der Waals surface area contributed by atoms with Gasteiger partial charge in [0.15, 0.2) is 0 Å². The van der Waals surface area contributed by atoms with Crippen molar-refractivity contribution in [1.29, 1.82) is 0 Å². The van der Waals surface area contributed by atoms with Crippen LogP contribution in [0.25, 0.3) is 0 Å². The van der Waals surface area contributed by atoms with E-state index in [9.17, 15) is 5.11 Å². The number of benzene rings is 1. The highest BCUT2D eigenvalue weighted by atomic mass is 35.5. The van der Waals surface area contributed by atoms with Gasteiger partial charge in [-0.15, -0.1) is 0 Å². The van der Waals surface area contributed by atoms with Crippen molar-refractivity contribution >= 4 is 23.2 Å². The van der Waals surface area contributed by atoms with Gasteiger partial charge in [0.25, 0.3) is 0 Å². The van der Waals surface area contributed by atoms with Gasteiger partial charge in [-0.05, 0) is 30.9 Å². The van der Waals surface area contributed by atoms with E-state index < -0.39 is 0 Å². The first kappa shape index (κ1) is 16.4. The van der Waals surface area contributed by atoms with Gasteiger partial charge >= 0.3 is 0 Å². The predicted octanol–water partition coefficient (Wildman–Crippen LogP) is 4.23. The zero-order valence-corrected chi connectivity index (χ0v) is 14.3. The molecule has 1 heterocycles. The van der Waals surface area contributed by atoms with E-state index in [-0.39, 0.29) is 11.8 Å².